The lowest BCUT2D eigenvalue weighted by Crippen LogP contribution is -1.69. The number of hydrogen-bond acceptors (Lipinski definition) is 2. The van der Waals surface area contributed by atoms with Crippen LogP contribution in [-0.2, 0) is 0 Å². The lowest BCUT2D eigenvalue weighted by Gasteiger charge is -1.94. The van der Waals surface area contributed by atoms with Gasteiger partial charge in [-0.1, -0.05) is 11.6 Å². The Morgan fingerprint density at radius 3 is 2.82 bits per heavy atom. The number of nitrogens with zero attached hydrogens (tertiary/aromatic N) is 1. The number of phenols is 1. The monoisotopic (exact) mass is 185 g/mol. The summed E-state index contributed by atoms with van der Waals surface area (Å²) in [6.45, 7) is 6.55. The molecule has 0 heterocycles. The van der Waals surface area contributed by atoms with Crippen molar-refractivity contribution in [3.8, 4) is 5.75 Å². The Morgan fingerprint density at radius 2 is 2.27 bits per heavy atom. The van der Waals surface area contributed by atoms with E-state index >= 15 is 0 Å². The number of aromatic hydroxyl groups is 1. The molecule has 0 amide bonds. The molecule has 0 fully saturated rings. The second-order valence-electron chi connectivity index (χ2n) is 1.80. The molecule has 0 spiro atoms. The molecule has 0 aliphatic rings. The number of hydrogen-bond donors (Lipinski definition) is 1. The maximum Gasteiger partial charge on any atom is 0.294 e. The molecule has 4 heteroatoms. The van der Waals surface area contributed by atoms with E-state index in [1.807, 2.05) is 0 Å². The van der Waals surface area contributed by atoms with Gasteiger partial charge in [0.1, 0.15) is 5.75 Å². The van der Waals surface area contributed by atoms with Crippen LogP contribution in [0.3, 0.4) is 0 Å². The van der Waals surface area contributed by atoms with Gasteiger partial charge in [-0.15, -0.1) is 0 Å². The fourth-order valence-corrected chi connectivity index (χ4v) is 1.25. The van der Waals surface area contributed by atoms with Crippen LogP contribution in [0.25, 0.3) is 4.25 Å². The van der Waals surface area contributed by atoms with Gasteiger partial charge in [0.2, 0.25) is 0 Å². The Bertz CT molecular complexity index is 308. The van der Waals surface area contributed by atoms with Crippen molar-refractivity contribution in [1.29, 1.82) is 0 Å². The summed E-state index contributed by atoms with van der Waals surface area (Å²) in [7, 11) is 0. The number of benzene rings is 1. The third-order valence-electron chi connectivity index (χ3n) is 1.07. The molecule has 0 unspecified atom stereocenters. The predicted octanol–water partition coefficient (Wildman–Crippen LogP) is 2.97. The van der Waals surface area contributed by atoms with Crippen molar-refractivity contribution in [1.82, 2.24) is 0 Å². The van der Waals surface area contributed by atoms with E-state index in [0.29, 0.717) is 0 Å². The van der Waals surface area contributed by atoms with Crippen LogP contribution >= 0.6 is 23.5 Å². The van der Waals surface area contributed by atoms with Crippen LogP contribution < -0.4 is 0 Å². The van der Waals surface area contributed by atoms with E-state index in [4.69, 9.17) is 23.3 Å². The minimum absolute atomic E-state index is 0.0426. The molecule has 56 valence electrons. The minimum Gasteiger partial charge on any atom is -0.506 e. The zero-order valence-electron chi connectivity index (χ0n) is 5.41. The highest BCUT2D eigenvalue weighted by molar-refractivity contribution is 8.01. The Labute approximate surface area is 73.8 Å². The zero-order chi connectivity index (χ0) is 8.27. The zero-order valence-corrected chi connectivity index (χ0v) is 6.99. The Kier molecular flexibility index (Phi) is 2.64. The van der Waals surface area contributed by atoms with Gasteiger partial charge in [0.05, 0.1) is 9.92 Å². The largest absolute Gasteiger partial charge is 0.506 e. The van der Waals surface area contributed by atoms with Crippen molar-refractivity contribution in [2.45, 2.75) is 4.90 Å². The average Bonchev–Trinajstić information content (AvgIpc) is 1.98. The molecular weight excluding hydrogens is 182 g/mol. The number of rotatable bonds is 1. The minimum atomic E-state index is 0.0426. The molecule has 1 rings (SSSR count). The second kappa shape index (κ2) is 3.51. The molecule has 0 bridgehead atoms. The van der Waals surface area contributed by atoms with Gasteiger partial charge in [0.15, 0.2) is 0 Å². The van der Waals surface area contributed by atoms with Crippen LogP contribution in [-0.4, -0.2) is 5.11 Å². The lowest BCUT2D eigenvalue weighted by atomic mass is 10.3. The van der Waals surface area contributed by atoms with Crippen molar-refractivity contribution in [3.05, 3.63) is 34.0 Å². The van der Waals surface area contributed by atoms with E-state index in [-0.39, 0.29) is 10.8 Å². The van der Waals surface area contributed by atoms with Gasteiger partial charge >= 0.3 is 0 Å². The molecule has 11 heavy (non-hydrogen) atoms. The Morgan fingerprint density at radius 1 is 1.55 bits per heavy atom. The molecule has 0 saturated heterocycles. The maximum atomic E-state index is 8.99. The summed E-state index contributed by atoms with van der Waals surface area (Å²) >= 11 is 6.58. The van der Waals surface area contributed by atoms with Crippen LogP contribution in [0.15, 0.2) is 23.1 Å². The van der Waals surface area contributed by atoms with Gasteiger partial charge < -0.3 is 5.11 Å². The van der Waals surface area contributed by atoms with Crippen LogP contribution in [0, 0.1) is 6.57 Å². The maximum absolute atomic E-state index is 8.99. The molecule has 0 aliphatic carbocycles. The molecule has 0 aliphatic heterocycles. The highest BCUT2D eigenvalue weighted by Gasteiger charge is 2.02. The van der Waals surface area contributed by atoms with Crippen molar-refractivity contribution in [2.75, 3.05) is 0 Å². The average molecular weight is 186 g/mol. The highest BCUT2D eigenvalue weighted by atomic mass is 35.5. The summed E-state index contributed by atoms with van der Waals surface area (Å²) in [5.74, 6) is 0.0426. The molecular formula is C7H4ClNOS. The van der Waals surface area contributed by atoms with E-state index in [1.54, 1.807) is 12.1 Å². The summed E-state index contributed by atoms with van der Waals surface area (Å²) in [6.07, 6.45) is 0. The third kappa shape index (κ3) is 2.04. The fourth-order valence-electron chi connectivity index (χ4n) is 0.597. The van der Waals surface area contributed by atoms with Crippen molar-refractivity contribution in [2.24, 2.45) is 0 Å². The van der Waals surface area contributed by atoms with Crippen molar-refractivity contribution in [3.63, 3.8) is 0 Å². The smallest absolute Gasteiger partial charge is 0.294 e. The fraction of sp³-hybridized carbons (Fsp3) is 0. The predicted molar refractivity (Wildman–Crippen MR) is 45.6 cm³/mol. The highest BCUT2D eigenvalue weighted by Crippen LogP contribution is 2.28. The SMILES string of the molecule is [C-]#[N+]Sc1ccc(O)c(Cl)c1. The van der Waals surface area contributed by atoms with Crippen LogP contribution in [0.1, 0.15) is 0 Å². The summed E-state index contributed by atoms with van der Waals surface area (Å²) in [5.41, 5.74) is 0. The van der Waals surface area contributed by atoms with Crippen LogP contribution in [0.4, 0.5) is 0 Å². The summed E-state index contributed by atoms with van der Waals surface area (Å²) in [5, 5.41) is 9.27. The molecule has 1 aromatic carbocycles. The Balaban J connectivity index is 2.98. The van der Waals surface area contributed by atoms with Gasteiger partial charge in [-0.05, 0) is 18.2 Å². The molecule has 1 aromatic rings. The molecule has 2 nitrogen and oxygen atoms in total. The normalized spacial score (nSPS) is 9.09. The first kappa shape index (κ1) is 8.25. The van der Waals surface area contributed by atoms with Crippen LogP contribution in [0.5, 0.6) is 5.75 Å². The van der Waals surface area contributed by atoms with E-state index in [1.165, 1.54) is 6.07 Å². The number of phenolic OH excluding ortho intramolecular Hbond substituents is 1. The summed E-state index contributed by atoms with van der Waals surface area (Å²) in [4.78, 5) is 0.739. The quantitative estimate of drug-likeness (QED) is 0.538. The lowest BCUT2D eigenvalue weighted by molar-refractivity contribution is 0.475. The van der Waals surface area contributed by atoms with Gasteiger partial charge in [0, 0.05) is 0 Å². The molecule has 0 aromatic heterocycles. The molecule has 0 radical (unpaired) electrons. The topological polar surface area (TPSA) is 24.6 Å². The molecule has 0 atom stereocenters. The Hall–Kier alpha value is -0.850. The number of halogens is 1. The standard InChI is InChI=1S/C7H4ClNOS/c1-9-11-5-2-3-7(10)6(8)4-5/h2-4,10H. The molecule has 1 N–H and O–H groups in total. The van der Waals surface area contributed by atoms with Crippen molar-refractivity contribution >= 4 is 23.5 Å². The van der Waals surface area contributed by atoms with Gasteiger partial charge in [-0.25, -0.2) is 10.8 Å². The third-order valence-corrected chi connectivity index (χ3v) is 1.93. The van der Waals surface area contributed by atoms with E-state index in [2.05, 4.69) is 4.25 Å². The van der Waals surface area contributed by atoms with E-state index in [9.17, 15) is 0 Å². The van der Waals surface area contributed by atoms with Crippen LogP contribution in [0.2, 0.25) is 5.02 Å². The first-order chi connectivity index (χ1) is 5.24. The van der Waals surface area contributed by atoms with E-state index < -0.39 is 0 Å². The summed E-state index contributed by atoms with van der Waals surface area (Å²) < 4.78 is 3.10. The van der Waals surface area contributed by atoms with Gasteiger partial charge in [-0.3, -0.25) is 0 Å². The first-order valence-corrected chi connectivity index (χ1v) is 3.91. The van der Waals surface area contributed by atoms with Crippen molar-refractivity contribution < 1.29 is 5.11 Å². The second-order valence-corrected chi connectivity index (χ2v) is 3.04. The summed E-state index contributed by atoms with van der Waals surface area (Å²) in [6, 6.07) is 4.67. The van der Waals surface area contributed by atoms with Gasteiger partial charge in [-0.2, -0.15) is 0 Å². The molecule has 0 saturated carbocycles. The van der Waals surface area contributed by atoms with Gasteiger partial charge in [0.25, 0.3) is 11.9 Å². The van der Waals surface area contributed by atoms with E-state index in [0.717, 1.165) is 16.8 Å². The first-order valence-electron chi connectivity index (χ1n) is 2.76.